The van der Waals surface area contributed by atoms with Gasteiger partial charge in [-0.15, -0.1) is 0 Å². The van der Waals surface area contributed by atoms with Crippen molar-refractivity contribution in [3.8, 4) is 0 Å². The summed E-state index contributed by atoms with van der Waals surface area (Å²) < 4.78 is 0. The number of hydrogen-bond donors (Lipinski definition) is 1. The molecule has 0 saturated carbocycles. The molecule has 2 nitrogen and oxygen atoms in total. The maximum atomic E-state index is 10.0. The minimum absolute atomic E-state index is 0.475. The predicted molar refractivity (Wildman–Crippen MR) is 59.3 cm³/mol. The van der Waals surface area contributed by atoms with Crippen LogP contribution in [0.3, 0.4) is 0 Å². The van der Waals surface area contributed by atoms with Crippen LogP contribution in [0.15, 0.2) is 0 Å². The van der Waals surface area contributed by atoms with E-state index in [0.717, 1.165) is 32.5 Å². The Hall–Kier alpha value is 0.270. The van der Waals surface area contributed by atoms with E-state index >= 15 is 0 Å². The van der Waals surface area contributed by atoms with E-state index in [1.807, 2.05) is 18.7 Å². The van der Waals surface area contributed by atoms with Crippen molar-refractivity contribution in [1.82, 2.24) is 4.90 Å². The normalized spacial score (nSPS) is 24.2. The summed E-state index contributed by atoms with van der Waals surface area (Å²) in [5.74, 6) is 2.45. The number of aliphatic hydroxyl groups is 1. The first-order valence-electron chi connectivity index (χ1n) is 5.16. The highest BCUT2D eigenvalue weighted by Crippen LogP contribution is 2.16. The van der Waals surface area contributed by atoms with Crippen LogP contribution in [0.4, 0.5) is 0 Å². The fourth-order valence-corrected chi connectivity index (χ4v) is 2.84. The minimum Gasteiger partial charge on any atom is -0.389 e. The molecule has 0 radical (unpaired) electrons. The predicted octanol–water partition coefficient (Wildman–Crippen LogP) is 1.59. The Balaban J connectivity index is 2.28. The number of rotatable bonds is 4. The van der Waals surface area contributed by atoms with Crippen molar-refractivity contribution in [2.24, 2.45) is 0 Å². The lowest BCUT2D eigenvalue weighted by Crippen LogP contribution is -2.44. The van der Waals surface area contributed by atoms with Gasteiger partial charge in [-0.1, -0.05) is 13.3 Å². The van der Waals surface area contributed by atoms with Gasteiger partial charge in [0.15, 0.2) is 0 Å². The first-order chi connectivity index (χ1) is 6.14. The van der Waals surface area contributed by atoms with Gasteiger partial charge in [-0.2, -0.15) is 11.8 Å². The molecule has 0 amide bonds. The second-order valence-electron chi connectivity index (χ2n) is 4.14. The maximum absolute atomic E-state index is 10.0. The molecule has 1 unspecified atom stereocenters. The van der Waals surface area contributed by atoms with E-state index in [9.17, 15) is 5.11 Å². The molecule has 13 heavy (non-hydrogen) atoms. The summed E-state index contributed by atoms with van der Waals surface area (Å²) >= 11 is 2.01. The highest BCUT2D eigenvalue weighted by Gasteiger charge is 2.23. The molecular weight excluding hydrogens is 182 g/mol. The summed E-state index contributed by atoms with van der Waals surface area (Å²) in [7, 11) is 0. The molecule has 0 aromatic heterocycles. The second kappa shape index (κ2) is 5.23. The molecule has 1 heterocycles. The van der Waals surface area contributed by atoms with Crippen LogP contribution < -0.4 is 0 Å². The average molecular weight is 203 g/mol. The van der Waals surface area contributed by atoms with Gasteiger partial charge in [-0.05, 0) is 13.3 Å². The SMILES string of the molecule is CCCC(C)(O)CN1CCSCC1. The summed E-state index contributed by atoms with van der Waals surface area (Å²) in [5.41, 5.74) is -0.475. The molecule has 3 heteroatoms. The van der Waals surface area contributed by atoms with Crippen molar-refractivity contribution in [3.05, 3.63) is 0 Å². The topological polar surface area (TPSA) is 23.5 Å². The molecule has 0 aliphatic carbocycles. The van der Waals surface area contributed by atoms with Crippen molar-refractivity contribution >= 4 is 11.8 Å². The maximum Gasteiger partial charge on any atom is 0.0746 e. The molecule has 0 spiro atoms. The second-order valence-corrected chi connectivity index (χ2v) is 5.36. The molecular formula is C10H21NOS. The van der Waals surface area contributed by atoms with Crippen LogP contribution in [0, 0.1) is 0 Å². The lowest BCUT2D eigenvalue weighted by molar-refractivity contribution is 0.0145. The number of thioether (sulfide) groups is 1. The van der Waals surface area contributed by atoms with Crippen LogP contribution >= 0.6 is 11.8 Å². The van der Waals surface area contributed by atoms with Crippen LogP contribution in [0.5, 0.6) is 0 Å². The van der Waals surface area contributed by atoms with Gasteiger partial charge in [0.2, 0.25) is 0 Å². The monoisotopic (exact) mass is 203 g/mol. The molecule has 0 bridgehead atoms. The molecule has 0 aromatic rings. The molecule has 78 valence electrons. The van der Waals surface area contributed by atoms with Crippen molar-refractivity contribution in [2.75, 3.05) is 31.1 Å². The molecule has 1 aliphatic heterocycles. The molecule has 1 N–H and O–H groups in total. The Labute approximate surface area is 85.7 Å². The van der Waals surface area contributed by atoms with E-state index in [-0.39, 0.29) is 0 Å². The first-order valence-corrected chi connectivity index (χ1v) is 6.32. The minimum atomic E-state index is -0.475. The van der Waals surface area contributed by atoms with Gasteiger partial charge >= 0.3 is 0 Å². The van der Waals surface area contributed by atoms with E-state index in [2.05, 4.69) is 11.8 Å². The van der Waals surface area contributed by atoms with E-state index in [1.54, 1.807) is 0 Å². The first kappa shape index (κ1) is 11.3. The highest BCUT2D eigenvalue weighted by atomic mass is 32.2. The van der Waals surface area contributed by atoms with Gasteiger partial charge in [0, 0.05) is 31.1 Å². The molecule has 1 atom stereocenters. The van der Waals surface area contributed by atoms with Crippen LogP contribution in [0.1, 0.15) is 26.7 Å². The van der Waals surface area contributed by atoms with Gasteiger partial charge in [0.05, 0.1) is 5.60 Å². The Morgan fingerprint density at radius 1 is 1.38 bits per heavy atom. The summed E-state index contributed by atoms with van der Waals surface area (Å²) in [6.45, 7) is 7.22. The van der Waals surface area contributed by atoms with E-state index < -0.39 is 5.60 Å². The fourth-order valence-electron chi connectivity index (χ4n) is 1.86. The lowest BCUT2D eigenvalue weighted by atomic mass is 10.00. The van der Waals surface area contributed by atoms with Gasteiger partial charge < -0.3 is 5.11 Å². The third kappa shape index (κ3) is 4.34. The number of β-amino-alcohol motifs (C(OH)–C–C–N with tert-alkyl or cyclic N) is 1. The van der Waals surface area contributed by atoms with E-state index in [0.29, 0.717) is 0 Å². The Morgan fingerprint density at radius 3 is 2.54 bits per heavy atom. The van der Waals surface area contributed by atoms with Crippen LogP contribution in [0.25, 0.3) is 0 Å². The van der Waals surface area contributed by atoms with Gasteiger partial charge in [0.1, 0.15) is 0 Å². The van der Waals surface area contributed by atoms with Gasteiger partial charge in [-0.25, -0.2) is 0 Å². The highest BCUT2D eigenvalue weighted by molar-refractivity contribution is 7.99. The summed E-state index contributed by atoms with van der Waals surface area (Å²) in [6.07, 6.45) is 1.98. The van der Waals surface area contributed by atoms with Crippen molar-refractivity contribution in [3.63, 3.8) is 0 Å². The molecule has 1 fully saturated rings. The number of nitrogens with zero attached hydrogens (tertiary/aromatic N) is 1. The zero-order valence-corrected chi connectivity index (χ0v) is 9.57. The Kier molecular flexibility index (Phi) is 4.56. The summed E-state index contributed by atoms with van der Waals surface area (Å²) in [4.78, 5) is 2.38. The van der Waals surface area contributed by atoms with E-state index in [4.69, 9.17) is 0 Å². The third-order valence-corrected chi connectivity index (χ3v) is 3.40. The van der Waals surface area contributed by atoms with Crippen molar-refractivity contribution in [2.45, 2.75) is 32.3 Å². The third-order valence-electron chi connectivity index (χ3n) is 2.46. The largest absolute Gasteiger partial charge is 0.389 e. The molecule has 0 aromatic carbocycles. The summed E-state index contributed by atoms with van der Waals surface area (Å²) in [5, 5.41) is 10.0. The van der Waals surface area contributed by atoms with Crippen LogP contribution in [0.2, 0.25) is 0 Å². The smallest absolute Gasteiger partial charge is 0.0746 e. The quantitative estimate of drug-likeness (QED) is 0.750. The zero-order chi connectivity index (χ0) is 9.73. The van der Waals surface area contributed by atoms with Gasteiger partial charge in [-0.3, -0.25) is 4.90 Å². The molecule has 1 saturated heterocycles. The summed E-state index contributed by atoms with van der Waals surface area (Å²) in [6, 6.07) is 0. The average Bonchev–Trinajstić information content (AvgIpc) is 2.04. The van der Waals surface area contributed by atoms with Crippen molar-refractivity contribution in [1.29, 1.82) is 0 Å². The van der Waals surface area contributed by atoms with Gasteiger partial charge in [0.25, 0.3) is 0 Å². The van der Waals surface area contributed by atoms with E-state index in [1.165, 1.54) is 11.5 Å². The molecule has 1 rings (SSSR count). The van der Waals surface area contributed by atoms with Crippen LogP contribution in [-0.4, -0.2) is 46.7 Å². The zero-order valence-electron chi connectivity index (χ0n) is 8.75. The fraction of sp³-hybridized carbons (Fsp3) is 1.00. The standard InChI is InChI=1S/C10H21NOS/c1-3-4-10(2,12)9-11-5-7-13-8-6-11/h12H,3-9H2,1-2H3. The number of hydrogen-bond acceptors (Lipinski definition) is 3. The van der Waals surface area contributed by atoms with Crippen molar-refractivity contribution < 1.29 is 5.11 Å². The lowest BCUT2D eigenvalue weighted by Gasteiger charge is -2.33. The Morgan fingerprint density at radius 2 is 2.00 bits per heavy atom. The van der Waals surface area contributed by atoms with Crippen LogP contribution in [-0.2, 0) is 0 Å². The Bertz CT molecular complexity index is 144. The molecule has 1 aliphatic rings.